The van der Waals surface area contributed by atoms with Crippen LogP contribution in [0.25, 0.3) is 0 Å². The van der Waals surface area contributed by atoms with Gasteiger partial charge in [-0.25, -0.2) is 12.7 Å². The minimum atomic E-state index is -3.53. The average molecular weight is 429 g/mol. The maximum absolute atomic E-state index is 12.5. The number of nitrogens with one attached hydrogen (secondary N) is 1. The lowest BCUT2D eigenvalue weighted by Gasteiger charge is -2.11. The molecular formula is C21H20N2O4S2. The van der Waals surface area contributed by atoms with Gasteiger partial charge in [0.05, 0.1) is 16.3 Å². The molecule has 0 aliphatic heterocycles. The van der Waals surface area contributed by atoms with E-state index in [-0.39, 0.29) is 23.1 Å². The SMILES string of the molecule is CN(C)S(=O)(=O)c1ccc(C(=O)NCc2ccc(C(=O)c3ccccc3)s2)cc1. The number of nitrogens with zero attached hydrogens (tertiary/aromatic N) is 1. The topological polar surface area (TPSA) is 83.6 Å². The van der Waals surface area contributed by atoms with E-state index < -0.39 is 10.0 Å². The Morgan fingerprint density at radius 1 is 0.897 bits per heavy atom. The summed E-state index contributed by atoms with van der Waals surface area (Å²) < 4.78 is 25.3. The van der Waals surface area contributed by atoms with E-state index in [0.29, 0.717) is 16.0 Å². The summed E-state index contributed by atoms with van der Waals surface area (Å²) in [6, 6.07) is 18.4. The van der Waals surface area contributed by atoms with Gasteiger partial charge in [0.2, 0.25) is 15.8 Å². The van der Waals surface area contributed by atoms with E-state index >= 15 is 0 Å². The second-order valence-electron chi connectivity index (χ2n) is 6.46. The third-order valence-corrected chi connectivity index (χ3v) is 7.15. The fraction of sp³-hybridized carbons (Fsp3) is 0.143. The third-order valence-electron chi connectivity index (χ3n) is 4.24. The van der Waals surface area contributed by atoms with Gasteiger partial charge < -0.3 is 5.32 Å². The molecule has 1 N–H and O–H groups in total. The van der Waals surface area contributed by atoms with Crippen LogP contribution < -0.4 is 5.32 Å². The molecule has 0 aliphatic rings. The predicted molar refractivity (Wildman–Crippen MR) is 113 cm³/mol. The van der Waals surface area contributed by atoms with Gasteiger partial charge in [0.1, 0.15) is 0 Å². The number of amides is 1. The van der Waals surface area contributed by atoms with E-state index in [1.807, 2.05) is 24.3 Å². The Labute approximate surface area is 173 Å². The van der Waals surface area contributed by atoms with Crippen molar-refractivity contribution in [3.05, 3.63) is 87.6 Å². The summed E-state index contributed by atoms with van der Waals surface area (Å²) in [5.74, 6) is -0.367. The molecule has 0 saturated heterocycles. The number of hydrogen-bond acceptors (Lipinski definition) is 5. The van der Waals surface area contributed by atoms with Gasteiger partial charge in [0.25, 0.3) is 5.91 Å². The molecule has 3 rings (SSSR count). The van der Waals surface area contributed by atoms with E-state index in [1.54, 1.807) is 18.2 Å². The summed E-state index contributed by atoms with van der Waals surface area (Å²) in [7, 11) is -0.627. The predicted octanol–water partition coefficient (Wildman–Crippen LogP) is 3.16. The van der Waals surface area contributed by atoms with E-state index in [0.717, 1.165) is 9.18 Å². The summed E-state index contributed by atoms with van der Waals surface area (Å²) in [5, 5.41) is 2.79. The van der Waals surface area contributed by atoms with Crippen molar-refractivity contribution in [2.75, 3.05) is 14.1 Å². The fourth-order valence-corrected chi connectivity index (χ4v) is 4.40. The molecule has 0 aliphatic carbocycles. The number of ketones is 1. The molecule has 3 aromatic rings. The highest BCUT2D eigenvalue weighted by molar-refractivity contribution is 7.89. The van der Waals surface area contributed by atoms with Gasteiger partial charge in [-0.1, -0.05) is 30.3 Å². The number of carbonyl (C=O) groups is 2. The van der Waals surface area contributed by atoms with Gasteiger partial charge >= 0.3 is 0 Å². The minimum absolute atomic E-state index is 0.0501. The first-order valence-corrected chi connectivity index (χ1v) is 11.0. The highest BCUT2D eigenvalue weighted by Gasteiger charge is 2.17. The quantitative estimate of drug-likeness (QED) is 0.586. The molecule has 0 unspecified atom stereocenters. The normalized spacial score (nSPS) is 11.4. The lowest BCUT2D eigenvalue weighted by molar-refractivity contribution is 0.0950. The van der Waals surface area contributed by atoms with Crippen LogP contribution >= 0.6 is 11.3 Å². The van der Waals surface area contributed by atoms with Crippen LogP contribution in [0.4, 0.5) is 0 Å². The zero-order valence-corrected chi connectivity index (χ0v) is 17.6. The van der Waals surface area contributed by atoms with Gasteiger partial charge in [0, 0.05) is 30.1 Å². The van der Waals surface area contributed by atoms with E-state index in [9.17, 15) is 18.0 Å². The maximum Gasteiger partial charge on any atom is 0.251 e. The summed E-state index contributed by atoms with van der Waals surface area (Å²) in [6.45, 7) is 0.281. The second kappa shape index (κ2) is 8.69. The van der Waals surface area contributed by atoms with Crippen LogP contribution in [0, 0.1) is 0 Å². The van der Waals surface area contributed by atoms with E-state index in [4.69, 9.17) is 0 Å². The minimum Gasteiger partial charge on any atom is -0.347 e. The van der Waals surface area contributed by atoms with Crippen LogP contribution in [-0.2, 0) is 16.6 Å². The first kappa shape index (κ1) is 20.9. The molecule has 0 saturated carbocycles. The smallest absolute Gasteiger partial charge is 0.251 e. The first-order chi connectivity index (χ1) is 13.8. The number of benzene rings is 2. The lowest BCUT2D eigenvalue weighted by atomic mass is 10.1. The zero-order chi connectivity index (χ0) is 21.0. The first-order valence-electron chi connectivity index (χ1n) is 8.78. The molecule has 1 heterocycles. The largest absolute Gasteiger partial charge is 0.347 e. The highest BCUT2D eigenvalue weighted by Crippen LogP contribution is 2.20. The molecule has 29 heavy (non-hydrogen) atoms. The van der Waals surface area contributed by atoms with E-state index in [1.165, 1.54) is 49.7 Å². The van der Waals surface area contributed by atoms with Crippen molar-refractivity contribution in [2.24, 2.45) is 0 Å². The van der Waals surface area contributed by atoms with Crippen molar-refractivity contribution in [2.45, 2.75) is 11.4 Å². The molecule has 8 heteroatoms. The zero-order valence-electron chi connectivity index (χ0n) is 16.0. The van der Waals surface area contributed by atoms with Crippen molar-refractivity contribution >= 4 is 33.1 Å². The Balaban J connectivity index is 1.63. The Morgan fingerprint density at radius 2 is 1.55 bits per heavy atom. The van der Waals surface area contributed by atoms with Gasteiger partial charge in [0.15, 0.2) is 0 Å². The third kappa shape index (κ3) is 4.79. The monoisotopic (exact) mass is 428 g/mol. The van der Waals surface area contributed by atoms with Crippen molar-refractivity contribution in [3.63, 3.8) is 0 Å². The Bertz CT molecular complexity index is 1120. The highest BCUT2D eigenvalue weighted by atomic mass is 32.2. The van der Waals surface area contributed by atoms with Crippen LogP contribution in [0.1, 0.15) is 30.5 Å². The Morgan fingerprint density at radius 3 is 2.17 bits per heavy atom. The number of rotatable bonds is 7. The molecule has 0 spiro atoms. The van der Waals surface area contributed by atoms with Gasteiger partial charge in [-0.3, -0.25) is 9.59 Å². The van der Waals surface area contributed by atoms with E-state index in [2.05, 4.69) is 5.32 Å². The van der Waals surface area contributed by atoms with Crippen molar-refractivity contribution in [3.8, 4) is 0 Å². The lowest BCUT2D eigenvalue weighted by Crippen LogP contribution is -2.24. The van der Waals surface area contributed by atoms with Crippen LogP contribution in [0.3, 0.4) is 0 Å². The Kier molecular flexibility index (Phi) is 6.26. The molecule has 0 bridgehead atoms. The van der Waals surface area contributed by atoms with Crippen LogP contribution in [0.2, 0.25) is 0 Å². The molecule has 0 radical (unpaired) electrons. The van der Waals surface area contributed by atoms with Crippen molar-refractivity contribution in [1.29, 1.82) is 0 Å². The van der Waals surface area contributed by atoms with Crippen LogP contribution in [0.5, 0.6) is 0 Å². The average Bonchev–Trinajstić information content (AvgIpc) is 3.21. The molecule has 1 aromatic heterocycles. The summed E-state index contributed by atoms with van der Waals surface area (Å²) in [4.78, 5) is 26.4. The van der Waals surface area contributed by atoms with Gasteiger partial charge in [-0.2, -0.15) is 0 Å². The van der Waals surface area contributed by atoms with Gasteiger partial charge in [-0.05, 0) is 36.4 Å². The summed E-state index contributed by atoms with van der Waals surface area (Å²) in [6.07, 6.45) is 0. The summed E-state index contributed by atoms with van der Waals surface area (Å²) in [5.41, 5.74) is 0.984. The van der Waals surface area contributed by atoms with Crippen LogP contribution in [0.15, 0.2) is 71.6 Å². The summed E-state index contributed by atoms with van der Waals surface area (Å²) >= 11 is 1.33. The molecule has 150 valence electrons. The number of carbonyl (C=O) groups excluding carboxylic acids is 2. The Hall–Kier alpha value is -2.81. The molecule has 2 aromatic carbocycles. The maximum atomic E-state index is 12.5. The molecule has 1 amide bonds. The standard InChI is InChI=1S/C21H20N2O4S2/c1-23(2)29(26,27)18-11-8-16(9-12-18)21(25)22-14-17-10-13-19(28-17)20(24)15-6-4-3-5-7-15/h3-13H,14H2,1-2H3,(H,22,25). The van der Waals surface area contributed by atoms with Crippen molar-refractivity contribution in [1.82, 2.24) is 9.62 Å². The van der Waals surface area contributed by atoms with Crippen molar-refractivity contribution < 1.29 is 18.0 Å². The van der Waals surface area contributed by atoms with Crippen LogP contribution in [-0.4, -0.2) is 38.5 Å². The number of sulfonamides is 1. The van der Waals surface area contributed by atoms with Gasteiger partial charge in [-0.15, -0.1) is 11.3 Å². The molecule has 0 atom stereocenters. The second-order valence-corrected chi connectivity index (χ2v) is 9.78. The molecular weight excluding hydrogens is 408 g/mol. The molecule has 0 fully saturated rings. The molecule has 6 nitrogen and oxygen atoms in total. The number of hydrogen-bond donors (Lipinski definition) is 1. The number of thiophene rings is 1. The fourth-order valence-electron chi connectivity index (χ4n) is 2.59.